The maximum absolute atomic E-state index is 13.0. The summed E-state index contributed by atoms with van der Waals surface area (Å²) in [5.74, 6) is -0.209. The maximum atomic E-state index is 13.0. The lowest BCUT2D eigenvalue weighted by Crippen LogP contribution is -2.59. The van der Waals surface area contributed by atoms with E-state index < -0.39 is 5.60 Å². The molecule has 2 aliphatic rings. The molecule has 2 saturated heterocycles. The van der Waals surface area contributed by atoms with Gasteiger partial charge in [-0.05, 0) is 11.6 Å². The van der Waals surface area contributed by atoms with Gasteiger partial charge in [0.15, 0.2) is 5.60 Å². The summed E-state index contributed by atoms with van der Waals surface area (Å²) in [7, 11) is 1.79. The SMILES string of the molecule is CN1CC(c2ccccc2)C2(CN(C(=O)c3cc[nH]c3)CCO2)C1=O. The van der Waals surface area contributed by atoms with Crippen molar-refractivity contribution in [3.05, 3.63) is 59.9 Å². The lowest BCUT2D eigenvalue weighted by atomic mass is 9.83. The van der Waals surface area contributed by atoms with Crippen LogP contribution in [0.5, 0.6) is 0 Å². The van der Waals surface area contributed by atoms with Gasteiger partial charge in [-0.1, -0.05) is 30.3 Å². The topological polar surface area (TPSA) is 65.6 Å². The summed E-state index contributed by atoms with van der Waals surface area (Å²) in [6.45, 7) is 1.72. The Labute approximate surface area is 146 Å². The number of hydrogen-bond donors (Lipinski definition) is 1. The molecule has 3 heterocycles. The average molecular weight is 339 g/mol. The van der Waals surface area contributed by atoms with Crippen molar-refractivity contribution < 1.29 is 14.3 Å². The Morgan fingerprint density at radius 2 is 2.08 bits per heavy atom. The molecule has 1 aromatic heterocycles. The molecule has 0 radical (unpaired) electrons. The zero-order valence-electron chi connectivity index (χ0n) is 14.1. The summed E-state index contributed by atoms with van der Waals surface area (Å²) in [5, 5.41) is 0. The molecule has 2 fully saturated rings. The monoisotopic (exact) mass is 339 g/mol. The molecular formula is C19H21N3O3. The van der Waals surface area contributed by atoms with Gasteiger partial charge in [0.2, 0.25) is 0 Å². The third-order valence-electron chi connectivity index (χ3n) is 5.21. The van der Waals surface area contributed by atoms with Crippen LogP contribution in [0, 0.1) is 0 Å². The number of amides is 2. The van der Waals surface area contributed by atoms with Crippen LogP contribution in [0.3, 0.4) is 0 Å². The summed E-state index contributed by atoms with van der Waals surface area (Å²) in [4.78, 5) is 32.1. The van der Waals surface area contributed by atoms with E-state index in [-0.39, 0.29) is 24.3 Å². The number of aromatic amines is 1. The van der Waals surface area contributed by atoms with Gasteiger partial charge in [0, 0.05) is 38.4 Å². The summed E-state index contributed by atoms with van der Waals surface area (Å²) < 4.78 is 6.08. The molecule has 2 aliphatic heterocycles. The molecule has 0 saturated carbocycles. The Bertz CT molecular complexity index is 774. The van der Waals surface area contributed by atoms with E-state index in [1.807, 2.05) is 30.3 Å². The van der Waals surface area contributed by atoms with Gasteiger partial charge in [-0.25, -0.2) is 0 Å². The van der Waals surface area contributed by atoms with E-state index in [0.29, 0.717) is 25.3 Å². The normalized spacial score (nSPS) is 26.4. The number of likely N-dealkylation sites (tertiary alicyclic amines) is 1. The van der Waals surface area contributed by atoms with Crippen molar-refractivity contribution in [2.45, 2.75) is 11.5 Å². The fraction of sp³-hybridized carbons (Fsp3) is 0.368. The second-order valence-electron chi connectivity index (χ2n) is 6.71. The molecule has 6 nitrogen and oxygen atoms in total. The van der Waals surface area contributed by atoms with E-state index in [4.69, 9.17) is 4.74 Å². The summed E-state index contributed by atoms with van der Waals surface area (Å²) in [5.41, 5.74) is 0.670. The van der Waals surface area contributed by atoms with E-state index in [1.54, 1.807) is 35.3 Å². The van der Waals surface area contributed by atoms with E-state index >= 15 is 0 Å². The van der Waals surface area contributed by atoms with Crippen LogP contribution in [0.25, 0.3) is 0 Å². The van der Waals surface area contributed by atoms with Crippen molar-refractivity contribution in [1.29, 1.82) is 0 Å². The third-order valence-corrected chi connectivity index (χ3v) is 5.21. The largest absolute Gasteiger partial charge is 0.367 e. The predicted molar refractivity (Wildman–Crippen MR) is 92.2 cm³/mol. The minimum atomic E-state index is -1.000. The van der Waals surface area contributed by atoms with Crippen LogP contribution < -0.4 is 0 Å². The van der Waals surface area contributed by atoms with Crippen molar-refractivity contribution in [3.8, 4) is 0 Å². The number of ether oxygens (including phenoxy) is 1. The van der Waals surface area contributed by atoms with Crippen LogP contribution in [0.2, 0.25) is 0 Å². The van der Waals surface area contributed by atoms with Gasteiger partial charge >= 0.3 is 0 Å². The van der Waals surface area contributed by atoms with Gasteiger partial charge in [-0.2, -0.15) is 0 Å². The third kappa shape index (κ3) is 2.53. The number of hydrogen-bond acceptors (Lipinski definition) is 3. The lowest BCUT2D eigenvalue weighted by Gasteiger charge is -2.42. The number of H-pyrrole nitrogens is 1. The summed E-state index contributed by atoms with van der Waals surface area (Å²) >= 11 is 0. The summed E-state index contributed by atoms with van der Waals surface area (Å²) in [6, 6.07) is 11.7. The number of nitrogens with one attached hydrogen (secondary N) is 1. The molecular weight excluding hydrogens is 318 g/mol. The molecule has 2 aromatic rings. The highest BCUT2D eigenvalue weighted by atomic mass is 16.5. The zero-order chi connectivity index (χ0) is 17.4. The predicted octanol–water partition coefficient (Wildman–Crippen LogP) is 1.48. The highest BCUT2D eigenvalue weighted by Gasteiger charge is 2.57. The molecule has 1 N–H and O–H groups in total. The Kier molecular flexibility index (Phi) is 3.84. The Morgan fingerprint density at radius 1 is 1.28 bits per heavy atom. The molecule has 1 aromatic carbocycles. The molecule has 2 unspecified atom stereocenters. The van der Waals surface area contributed by atoms with Crippen LogP contribution in [0.4, 0.5) is 0 Å². The first-order valence-corrected chi connectivity index (χ1v) is 8.48. The molecule has 130 valence electrons. The molecule has 1 spiro atoms. The van der Waals surface area contributed by atoms with Gasteiger partial charge < -0.3 is 19.5 Å². The first kappa shape index (κ1) is 15.9. The van der Waals surface area contributed by atoms with E-state index in [0.717, 1.165) is 5.56 Å². The number of morpholine rings is 1. The van der Waals surface area contributed by atoms with Crippen LogP contribution in [-0.4, -0.2) is 65.5 Å². The fourth-order valence-corrected chi connectivity index (χ4v) is 3.94. The number of rotatable bonds is 2. The van der Waals surface area contributed by atoms with Crippen molar-refractivity contribution in [3.63, 3.8) is 0 Å². The van der Waals surface area contributed by atoms with Gasteiger partial charge in [0.25, 0.3) is 11.8 Å². The molecule has 4 rings (SSSR count). The average Bonchev–Trinajstić information content (AvgIpc) is 3.26. The fourth-order valence-electron chi connectivity index (χ4n) is 3.94. The van der Waals surface area contributed by atoms with Crippen LogP contribution in [0.15, 0.2) is 48.8 Å². The molecule has 0 aliphatic carbocycles. The number of carbonyl (C=O) groups is 2. The number of aromatic nitrogens is 1. The molecule has 6 heteroatoms. The minimum absolute atomic E-state index is 0.0482. The quantitative estimate of drug-likeness (QED) is 0.901. The van der Waals surface area contributed by atoms with E-state index in [1.165, 1.54) is 0 Å². The number of likely N-dealkylation sites (N-methyl/N-ethyl adjacent to an activating group) is 1. The summed E-state index contributed by atoms with van der Waals surface area (Å²) in [6.07, 6.45) is 3.41. The second kappa shape index (κ2) is 6.04. The molecule has 2 amide bonds. The number of carbonyl (C=O) groups excluding carboxylic acids is 2. The highest BCUT2D eigenvalue weighted by molar-refractivity contribution is 5.96. The highest BCUT2D eigenvalue weighted by Crippen LogP contribution is 2.41. The Hall–Kier alpha value is -2.60. The molecule has 0 bridgehead atoms. The smallest absolute Gasteiger partial charge is 0.257 e. The van der Waals surface area contributed by atoms with E-state index in [2.05, 4.69) is 4.98 Å². The van der Waals surface area contributed by atoms with Crippen LogP contribution in [-0.2, 0) is 9.53 Å². The lowest BCUT2D eigenvalue weighted by molar-refractivity contribution is -0.159. The van der Waals surface area contributed by atoms with Gasteiger partial charge in [0.05, 0.1) is 18.7 Å². The number of benzene rings is 1. The zero-order valence-corrected chi connectivity index (χ0v) is 14.1. The van der Waals surface area contributed by atoms with Crippen LogP contribution >= 0.6 is 0 Å². The van der Waals surface area contributed by atoms with Crippen molar-refractivity contribution >= 4 is 11.8 Å². The van der Waals surface area contributed by atoms with Crippen molar-refractivity contribution in [2.24, 2.45) is 0 Å². The Balaban J connectivity index is 1.68. The molecule has 25 heavy (non-hydrogen) atoms. The maximum Gasteiger partial charge on any atom is 0.257 e. The minimum Gasteiger partial charge on any atom is -0.367 e. The van der Waals surface area contributed by atoms with Crippen molar-refractivity contribution in [1.82, 2.24) is 14.8 Å². The van der Waals surface area contributed by atoms with E-state index in [9.17, 15) is 9.59 Å². The second-order valence-corrected chi connectivity index (χ2v) is 6.71. The van der Waals surface area contributed by atoms with Gasteiger partial charge in [0.1, 0.15) is 0 Å². The number of nitrogens with zero attached hydrogens (tertiary/aromatic N) is 2. The standard InChI is InChI=1S/C19H21N3O3/c1-21-12-16(14-5-3-2-4-6-14)19(18(21)24)13-22(9-10-25-19)17(23)15-7-8-20-11-15/h2-8,11,16,20H,9-10,12-13H2,1H3. The first-order chi connectivity index (χ1) is 12.1. The first-order valence-electron chi connectivity index (χ1n) is 8.48. The Morgan fingerprint density at radius 3 is 2.80 bits per heavy atom. The van der Waals surface area contributed by atoms with Gasteiger partial charge in [-0.3, -0.25) is 9.59 Å². The van der Waals surface area contributed by atoms with Crippen LogP contribution in [0.1, 0.15) is 21.8 Å². The van der Waals surface area contributed by atoms with Crippen molar-refractivity contribution in [2.75, 3.05) is 33.3 Å². The molecule has 2 atom stereocenters. The van der Waals surface area contributed by atoms with Gasteiger partial charge in [-0.15, -0.1) is 0 Å².